The molecule has 1 saturated heterocycles. The Hall–Kier alpha value is -1.65. The van der Waals surface area contributed by atoms with Crippen molar-refractivity contribution in [3.05, 3.63) is 46.0 Å². The average molecular weight is 349 g/mol. The van der Waals surface area contributed by atoms with Crippen LogP contribution in [0.5, 0.6) is 0 Å². The van der Waals surface area contributed by atoms with E-state index in [4.69, 9.17) is 23.2 Å². The molecule has 1 heterocycles. The summed E-state index contributed by atoms with van der Waals surface area (Å²) in [6, 6.07) is 4.99. The molecule has 4 atom stereocenters. The molecule has 0 radical (unpaired) electrons. The van der Waals surface area contributed by atoms with Crippen molar-refractivity contribution >= 4 is 41.2 Å². The molecule has 23 heavy (non-hydrogen) atoms. The van der Waals surface area contributed by atoms with Crippen molar-refractivity contribution in [2.45, 2.75) is 12.8 Å². The second kappa shape index (κ2) is 5.46. The quantitative estimate of drug-likeness (QED) is 0.466. The van der Waals surface area contributed by atoms with Gasteiger partial charge in [0.25, 0.3) is 11.8 Å². The van der Waals surface area contributed by atoms with E-state index in [1.54, 1.807) is 18.2 Å². The van der Waals surface area contributed by atoms with E-state index in [1.165, 1.54) is 6.21 Å². The first kappa shape index (κ1) is 14.9. The lowest BCUT2D eigenvalue weighted by molar-refractivity contribution is -0.140. The van der Waals surface area contributed by atoms with Gasteiger partial charge >= 0.3 is 0 Å². The Kier molecular flexibility index (Phi) is 3.54. The lowest BCUT2D eigenvalue weighted by atomic mass is 9.63. The van der Waals surface area contributed by atoms with Crippen LogP contribution in [0.2, 0.25) is 10.0 Å². The zero-order chi connectivity index (χ0) is 16.1. The predicted octanol–water partition coefficient (Wildman–Crippen LogP) is 3.52. The largest absolute Gasteiger partial charge is 0.272 e. The number of nitrogens with zero attached hydrogens (tertiary/aromatic N) is 2. The zero-order valence-electron chi connectivity index (χ0n) is 12.2. The zero-order valence-corrected chi connectivity index (χ0v) is 13.7. The lowest BCUT2D eigenvalue weighted by Crippen LogP contribution is -2.38. The van der Waals surface area contributed by atoms with E-state index in [0.717, 1.165) is 17.9 Å². The second-order valence-electron chi connectivity index (χ2n) is 6.24. The van der Waals surface area contributed by atoms with Gasteiger partial charge in [-0.1, -0.05) is 41.4 Å². The molecule has 2 fully saturated rings. The number of fused-ring (bicyclic) bond motifs is 1. The van der Waals surface area contributed by atoms with Crippen LogP contribution in [0.1, 0.15) is 18.4 Å². The monoisotopic (exact) mass is 348 g/mol. The minimum Gasteiger partial charge on any atom is -0.272 e. The van der Waals surface area contributed by atoms with Crippen LogP contribution < -0.4 is 0 Å². The van der Waals surface area contributed by atoms with E-state index in [2.05, 4.69) is 17.3 Å². The molecule has 0 aromatic heterocycles. The third-order valence-electron chi connectivity index (χ3n) is 5.01. The van der Waals surface area contributed by atoms with Gasteiger partial charge in [-0.15, -0.1) is 0 Å². The van der Waals surface area contributed by atoms with Crippen molar-refractivity contribution in [1.82, 2.24) is 5.01 Å². The minimum atomic E-state index is -0.246. The summed E-state index contributed by atoms with van der Waals surface area (Å²) < 4.78 is 0. The van der Waals surface area contributed by atoms with E-state index in [9.17, 15) is 9.59 Å². The Morgan fingerprint density at radius 3 is 2.17 bits per heavy atom. The van der Waals surface area contributed by atoms with Crippen LogP contribution in [0.3, 0.4) is 0 Å². The van der Waals surface area contributed by atoms with Gasteiger partial charge < -0.3 is 0 Å². The van der Waals surface area contributed by atoms with Crippen LogP contribution >= 0.6 is 23.2 Å². The summed E-state index contributed by atoms with van der Waals surface area (Å²) in [7, 11) is 0. The Bertz CT molecular complexity index is 727. The lowest BCUT2D eigenvalue weighted by Gasteiger charge is -2.37. The summed E-state index contributed by atoms with van der Waals surface area (Å²) in [6.45, 7) is 0. The van der Waals surface area contributed by atoms with Gasteiger partial charge in [0, 0.05) is 10.6 Å². The molecule has 4 nitrogen and oxygen atoms in total. The number of allylic oxidation sites excluding steroid dienone is 2. The van der Waals surface area contributed by atoms with Gasteiger partial charge in [-0.3, -0.25) is 9.59 Å². The number of hydrogen-bond acceptors (Lipinski definition) is 3. The van der Waals surface area contributed by atoms with E-state index < -0.39 is 0 Å². The van der Waals surface area contributed by atoms with Crippen molar-refractivity contribution in [2.24, 2.45) is 28.8 Å². The predicted molar refractivity (Wildman–Crippen MR) is 88.2 cm³/mol. The summed E-state index contributed by atoms with van der Waals surface area (Å²) >= 11 is 11.9. The number of hydrogen-bond donors (Lipinski definition) is 0. The number of amides is 2. The molecule has 0 spiro atoms. The van der Waals surface area contributed by atoms with E-state index >= 15 is 0 Å². The molecule has 1 aromatic rings. The standard InChI is InChI=1S/C17H14Cl2N2O2/c18-12-6-5-11(13(19)7-12)8-20-21-16(22)14-9-1-2-10(4-3-9)15(14)17(21)23/h1-2,5-10,14-15H,3-4H2/b20-8-/t9-,10+,14-,15+. The summed E-state index contributed by atoms with van der Waals surface area (Å²) in [4.78, 5) is 25.2. The molecular formula is C17H14Cl2N2O2. The molecule has 2 bridgehead atoms. The first-order valence-electron chi connectivity index (χ1n) is 7.61. The fraction of sp³-hybridized carbons (Fsp3) is 0.353. The van der Waals surface area contributed by atoms with Gasteiger partial charge in [-0.25, -0.2) is 0 Å². The van der Waals surface area contributed by atoms with Crippen LogP contribution in [0.25, 0.3) is 0 Å². The molecule has 3 aliphatic carbocycles. The molecule has 2 amide bonds. The third kappa shape index (κ3) is 2.32. The molecule has 118 valence electrons. The first-order chi connectivity index (χ1) is 11.1. The van der Waals surface area contributed by atoms with Crippen molar-refractivity contribution in [1.29, 1.82) is 0 Å². The number of carbonyl (C=O) groups excluding carboxylic acids is 2. The van der Waals surface area contributed by atoms with Crippen LogP contribution in [0.15, 0.2) is 35.5 Å². The molecule has 4 aliphatic rings. The molecule has 0 N–H and O–H groups in total. The van der Waals surface area contributed by atoms with Crippen LogP contribution in [0, 0.1) is 23.7 Å². The fourth-order valence-corrected chi connectivity index (χ4v) is 4.36. The van der Waals surface area contributed by atoms with Gasteiger partial charge in [-0.2, -0.15) is 10.1 Å². The molecule has 1 aromatic carbocycles. The molecular weight excluding hydrogens is 335 g/mol. The summed E-state index contributed by atoms with van der Waals surface area (Å²) in [6.07, 6.45) is 7.57. The minimum absolute atomic E-state index is 0.167. The normalized spacial score (nSPS) is 32.2. The van der Waals surface area contributed by atoms with E-state index in [0.29, 0.717) is 15.6 Å². The Morgan fingerprint density at radius 1 is 1.04 bits per heavy atom. The average Bonchev–Trinajstić information content (AvgIpc) is 2.82. The topological polar surface area (TPSA) is 49.7 Å². The van der Waals surface area contributed by atoms with Gasteiger partial charge in [0.2, 0.25) is 0 Å². The molecule has 1 saturated carbocycles. The number of hydrazone groups is 1. The van der Waals surface area contributed by atoms with Gasteiger partial charge in [0.05, 0.1) is 23.1 Å². The van der Waals surface area contributed by atoms with Crippen molar-refractivity contribution in [3.63, 3.8) is 0 Å². The van der Waals surface area contributed by atoms with Crippen molar-refractivity contribution in [3.8, 4) is 0 Å². The van der Waals surface area contributed by atoms with E-state index in [-0.39, 0.29) is 35.5 Å². The maximum Gasteiger partial charge on any atom is 0.254 e. The summed E-state index contributed by atoms with van der Waals surface area (Å²) in [5.41, 5.74) is 0.618. The molecule has 6 heteroatoms. The molecule has 1 aliphatic heterocycles. The Labute approximate surface area is 143 Å². The maximum atomic E-state index is 12.6. The van der Waals surface area contributed by atoms with Gasteiger partial charge in [0.15, 0.2) is 0 Å². The van der Waals surface area contributed by atoms with E-state index in [1.807, 2.05) is 0 Å². The number of benzene rings is 1. The first-order valence-corrected chi connectivity index (χ1v) is 8.37. The van der Waals surface area contributed by atoms with Gasteiger partial charge in [0.1, 0.15) is 0 Å². The highest BCUT2D eigenvalue weighted by atomic mass is 35.5. The SMILES string of the molecule is O=C1[C@@H]2[C@H](C(=O)N1/N=C\c1ccc(Cl)cc1Cl)[C@@H]1C=C[C@H]2CC1. The highest BCUT2D eigenvalue weighted by molar-refractivity contribution is 6.36. The number of imide groups is 1. The number of carbonyl (C=O) groups is 2. The van der Waals surface area contributed by atoms with Crippen molar-refractivity contribution in [2.75, 3.05) is 0 Å². The smallest absolute Gasteiger partial charge is 0.254 e. The number of rotatable bonds is 2. The maximum absolute atomic E-state index is 12.6. The highest BCUT2D eigenvalue weighted by Gasteiger charge is 2.56. The Balaban J connectivity index is 1.62. The summed E-state index contributed by atoms with van der Waals surface area (Å²) in [5.74, 6) is -0.546. The van der Waals surface area contributed by atoms with Crippen LogP contribution in [-0.4, -0.2) is 23.0 Å². The Morgan fingerprint density at radius 2 is 1.65 bits per heavy atom. The second-order valence-corrected chi connectivity index (χ2v) is 7.08. The van der Waals surface area contributed by atoms with Crippen LogP contribution in [0.4, 0.5) is 0 Å². The summed E-state index contributed by atoms with van der Waals surface area (Å²) in [5, 5.41) is 6.10. The molecule has 0 unspecified atom stereocenters. The number of halogens is 2. The van der Waals surface area contributed by atoms with Crippen molar-refractivity contribution < 1.29 is 9.59 Å². The fourth-order valence-electron chi connectivity index (χ4n) is 3.90. The van der Waals surface area contributed by atoms with Crippen LogP contribution in [-0.2, 0) is 9.59 Å². The highest BCUT2D eigenvalue weighted by Crippen LogP contribution is 2.49. The third-order valence-corrected chi connectivity index (χ3v) is 5.57. The van der Waals surface area contributed by atoms with Gasteiger partial charge in [-0.05, 0) is 36.8 Å². The molecule has 5 rings (SSSR count).